The minimum Gasteiger partial charge on any atom is -0.481 e. The minimum atomic E-state index is -0.717. The third-order valence-electron chi connectivity index (χ3n) is 6.16. The van der Waals surface area contributed by atoms with Gasteiger partial charge < -0.3 is 9.84 Å². The lowest BCUT2D eigenvalue weighted by atomic mass is 10.0. The van der Waals surface area contributed by atoms with Crippen LogP contribution >= 0.6 is 0 Å². The van der Waals surface area contributed by atoms with Gasteiger partial charge in [0, 0.05) is 12.8 Å². The molecule has 0 spiro atoms. The van der Waals surface area contributed by atoms with E-state index in [1.807, 2.05) is 0 Å². The van der Waals surface area contributed by atoms with E-state index in [0.717, 1.165) is 70.6 Å². The average molecular weight is 479 g/mol. The molecular formula is C30H54O4. The molecule has 0 heterocycles. The fourth-order valence-electron chi connectivity index (χ4n) is 4.04. The SMILES string of the molecule is CCC/C=C\C/C=C\CCCCCCCC(=O)OC(CCCCCC)CCCCCCC(=O)O. The molecule has 1 atom stereocenters. The van der Waals surface area contributed by atoms with Crippen molar-refractivity contribution >= 4 is 11.9 Å². The Morgan fingerprint density at radius 2 is 1.21 bits per heavy atom. The van der Waals surface area contributed by atoms with Gasteiger partial charge in [-0.2, -0.15) is 0 Å². The van der Waals surface area contributed by atoms with Gasteiger partial charge in [-0.3, -0.25) is 9.59 Å². The minimum absolute atomic E-state index is 0.0347. The first-order valence-corrected chi connectivity index (χ1v) is 14.3. The highest BCUT2D eigenvalue weighted by atomic mass is 16.5. The van der Waals surface area contributed by atoms with Crippen molar-refractivity contribution in [2.75, 3.05) is 0 Å². The summed E-state index contributed by atoms with van der Waals surface area (Å²) in [6, 6.07) is 0. The van der Waals surface area contributed by atoms with E-state index in [1.54, 1.807) is 0 Å². The molecule has 1 unspecified atom stereocenters. The van der Waals surface area contributed by atoms with Gasteiger partial charge in [0.05, 0.1) is 0 Å². The summed E-state index contributed by atoms with van der Waals surface area (Å²) in [5.74, 6) is -0.754. The molecule has 0 aliphatic carbocycles. The van der Waals surface area contributed by atoms with Crippen LogP contribution in [0, 0.1) is 0 Å². The number of carboxylic acids is 1. The van der Waals surface area contributed by atoms with Crippen molar-refractivity contribution in [2.24, 2.45) is 0 Å². The molecule has 0 aromatic rings. The third-order valence-corrected chi connectivity index (χ3v) is 6.16. The molecule has 34 heavy (non-hydrogen) atoms. The summed E-state index contributed by atoms with van der Waals surface area (Å²) in [6.07, 6.45) is 30.5. The molecule has 4 heteroatoms. The van der Waals surface area contributed by atoms with E-state index in [2.05, 4.69) is 38.2 Å². The van der Waals surface area contributed by atoms with Crippen LogP contribution in [0.3, 0.4) is 0 Å². The van der Waals surface area contributed by atoms with Crippen LogP contribution < -0.4 is 0 Å². The predicted octanol–water partition coefficient (Wildman–Crippen LogP) is 9.33. The average Bonchev–Trinajstić information content (AvgIpc) is 2.81. The lowest BCUT2D eigenvalue weighted by Gasteiger charge is -2.18. The molecule has 0 amide bonds. The highest BCUT2D eigenvalue weighted by Crippen LogP contribution is 2.17. The number of ether oxygens (including phenoxy) is 1. The monoisotopic (exact) mass is 478 g/mol. The van der Waals surface area contributed by atoms with E-state index < -0.39 is 5.97 Å². The summed E-state index contributed by atoms with van der Waals surface area (Å²) in [5.41, 5.74) is 0. The van der Waals surface area contributed by atoms with Crippen molar-refractivity contribution in [1.82, 2.24) is 0 Å². The number of unbranched alkanes of at least 4 members (excludes halogenated alkanes) is 12. The van der Waals surface area contributed by atoms with Gasteiger partial charge in [0.15, 0.2) is 0 Å². The van der Waals surface area contributed by atoms with Crippen molar-refractivity contribution in [3.8, 4) is 0 Å². The number of hydrogen-bond acceptors (Lipinski definition) is 3. The van der Waals surface area contributed by atoms with Crippen molar-refractivity contribution in [2.45, 2.75) is 155 Å². The zero-order chi connectivity index (χ0) is 25.1. The first-order valence-electron chi connectivity index (χ1n) is 14.3. The second-order valence-corrected chi connectivity index (χ2v) is 9.58. The summed E-state index contributed by atoms with van der Waals surface area (Å²) < 4.78 is 5.83. The smallest absolute Gasteiger partial charge is 0.306 e. The van der Waals surface area contributed by atoms with E-state index in [4.69, 9.17) is 9.84 Å². The van der Waals surface area contributed by atoms with E-state index >= 15 is 0 Å². The predicted molar refractivity (Wildman–Crippen MR) is 144 cm³/mol. The zero-order valence-corrected chi connectivity index (χ0v) is 22.4. The molecule has 1 N–H and O–H groups in total. The Morgan fingerprint density at radius 3 is 1.85 bits per heavy atom. The summed E-state index contributed by atoms with van der Waals surface area (Å²) in [4.78, 5) is 23.0. The highest BCUT2D eigenvalue weighted by molar-refractivity contribution is 5.69. The van der Waals surface area contributed by atoms with E-state index in [-0.39, 0.29) is 18.5 Å². The Morgan fingerprint density at radius 1 is 0.647 bits per heavy atom. The topological polar surface area (TPSA) is 63.6 Å². The normalized spacial score (nSPS) is 12.5. The number of carbonyl (C=O) groups excluding carboxylic acids is 1. The summed E-state index contributed by atoms with van der Waals surface area (Å²) in [6.45, 7) is 4.41. The van der Waals surface area contributed by atoms with Crippen LogP contribution in [0.25, 0.3) is 0 Å². The number of carbonyl (C=O) groups is 2. The zero-order valence-electron chi connectivity index (χ0n) is 22.4. The third kappa shape index (κ3) is 25.1. The van der Waals surface area contributed by atoms with Gasteiger partial charge >= 0.3 is 11.9 Å². The molecule has 0 bridgehead atoms. The molecule has 4 nitrogen and oxygen atoms in total. The second-order valence-electron chi connectivity index (χ2n) is 9.58. The first kappa shape index (κ1) is 32.4. The number of aliphatic carboxylic acids is 1. The van der Waals surface area contributed by atoms with Crippen molar-refractivity contribution in [3.05, 3.63) is 24.3 Å². The van der Waals surface area contributed by atoms with Gasteiger partial charge in [-0.1, -0.05) is 95.9 Å². The maximum Gasteiger partial charge on any atom is 0.306 e. The molecule has 0 radical (unpaired) electrons. The van der Waals surface area contributed by atoms with Crippen LogP contribution in [0.4, 0.5) is 0 Å². The fraction of sp³-hybridized carbons (Fsp3) is 0.800. The number of carboxylic acid groups (broad SMARTS) is 1. The van der Waals surface area contributed by atoms with Gasteiger partial charge in [-0.15, -0.1) is 0 Å². The summed E-state index contributed by atoms with van der Waals surface area (Å²) in [5, 5.41) is 8.73. The quantitative estimate of drug-likeness (QED) is 0.0806. The van der Waals surface area contributed by atoms with Crippen LogP contribution in [0.5, 0.6) is 0 Å². The second kappa shape index (κ2) is 26.0. The molecule has 0 fully saturated rings. The number of hydrogen-bond donors (Lipinski definition) is 1. The Bertz CT molecular complexity index is 524. The standard InChI is InChI=1S/C30H54O4/c1-3-5-7-9-10-11-12-13-14-15-16-17-23-27-30(33)34-28(24-20-8-6-4-2)25-21-18-19-22-26-29(31)32/h7,9,11-12,28H,3-6,8,10,13-27H2,1-2H3,(H,31,32)/b9-7-,12-11-. The Kier molecular flexibility index (Phi) is 24.8. The maximum absolute atomic E-state index is 12.4. The van der Waals surface area contributed by atoms with Crippen molar-refractivity contribution in [3.63, 3.8) is 0 Å². The first-order chi connectivity index (χ1) is 16.6. The van der Waals surface area contributed by atoms with Crippen LogP contribution in [0.15, 0.2) is 24.3 Å². The lowest BCUT2D eigenvalue weighted by Crippen LogP contribution is -2.18. The fourth-order valence-corrected chi connectivity index (χ4v) is 4.04. The van der Waals surface area contributed by atoms with Crippen LogP contribution in [0.2, 0.25) is 0 Å². The largest absolute Gasteiger partial charge is 0.481 e. The lowest BCUT2D eigenvalue weighted by molar-refractivity contribution is -0.150. The maximum atomic E-state index is 12.4. The molecule has 0 saturated heterocycles. The molecule has 0 aliphatic rings. The number of esters is 1. The Hall–Kier alpha value is -1.58. The molecule has 0 aromatic carbocycles. The van der Waals surface area contributed by atoms with Gasteiger partial charge in [-0.25, -0.2) is 0 Å². The molecule has 0 aromatic heterocycles. The molecule has 0 saturated carbocycles. The molecular weight excluding hydrogens is 424 g/mol. The molecule has 198 valence electrons. The van der Waals surface area contributed by atoms with E-state index in [1.165, 1.54) is 51.4 Å². The van der Waals surface area contributed by atoms with Gasteiger partial charge in [0.2, 0.25) is 0 Å². The molecule has 0 aliphatic heterocycles. The Balaban J connectivity index is 3.89. The van der Waals surface area contributed by atoms with E-state index in [0.29, 0.717) is 6.42 Å². The van der Waals surface area contributed by atoms with Crippen molar-refractivity contribution in [1.29, 1.82) is 0 Å². The van der Waals surface area contributed by atoms with Crippen molar-refractivity contribution < 1.29 is 19.4 Å². The molecule has 0 rings (SSSR count). The highest BCUT2D eigenvalue weighted by Gasteiger charge is 2.14. The van der Waals surface area contributed by atoms with Gasteiger partial charge in [-0.05, 0) is 64.2 Å². The van der Waals surface area contributed by atoms with E-state index in [9.17, 15) is 9.59 Å². The number of allylic oxidation sites excluding steroid dienone is 4. The Labute approximate surface area is 210 Å². The summed E-state index contributed by atoms with van der Waals surface area (Å²) in [7, 11) is 0. The van der Waals surface area contributed by atoms with Gasteiger partial charge in [0.25, 0.3) is 0 Å². The van der Waals surface area contributed by atoms with Crippen LogP contribution in [0.1, 0.15) is 149 Å². The van der Waals surface area contributed by atoms with Crippen LogP contribution in [-0.2, 0) is 14.3 Å². The number of rotatable bonds is 25. The van der Waals surface area contributed by atoms with Gasteiger partial charge in [0.1, 0.15) is 6.10 Å². The summed E-state index contributed by atoms with van der Waals surface area (Å²) >= 11 is 0. The van der Waals surface area contributed by atoms with Crippen LogP contribution in [-0.4, -0.2) is 23.1 Å².